The fraction of sp³-hybridized carbons (Fsp3) is 0.632. The smallest absolute Gasteiger partial charge is 0.236 e. The number of amides is 1. The van der Waals surface area contributed by atoms with Gasteiger partial charge in [-0.2, -0.15) is 0 Å². The summed E-state index contributed by atoms with van der Waals surface area (Å²) in [6, 6.07) is 6.01. The molecule has 2 fully saturated rings. The van der Waals surface area contributed by atoms with Gasteiger partial charge in [0.1, 0.15) is 5.82 Å². The molecule has 25 heavy (non-hydrogen) atoms. The maximum Gasteiger partial charge on any atom is 0.236 e. The van der Waals surface area contributed by atoms with E-state index >= 15 is 0 Å². The molecule has 1 aromatic carbocycles. The number of nitrogens with zero attached hydrogens (tertiary/aromatic N) is 1. The number of aliphatic hydroxyl groups is 1. The summed E-state index contributed by atoms with van der Waals surface area (Å²) in [4.78, 5) is 14.1. The number of carbonyl (C=O) groups is 1. The van der Waals surface area contributed by atoms with Crippen molar-refractivity contribution in [2.24, 2.45) is 5.92 Å². The average molecular weight is 350 g/mol. The van der Waals surface area contributed by atoms with Gasteiger partial charge in [0.05, 0.1) is 18.8 Å². The molecule has 0 spiro atoms. The van der Waals surface area contributed by atoms with Crippen molar-refractivity contribution in [1.29, 1.82) is 0 Å². The van der Waals surface area contributed by atoms with E-state index in [9.17, 15) is 14.3 Å². The van der Waals surface area contributed by atoms with Gasteiger partial charge in [0.2, 0.25) is 5.91 Å². The van der Waals surface area contributed by atoms with E-state index in [2.05, 4.69) is 5.32 Å². The summed E-state index contributed by atoms with van der Waals surface area (Å²) in [6.45, 7) is 3.20. The minimum atomic E-state index is -0.601. The first kappa shape index (κ1) is 18.3. The third kappa shape index (κ3) is 5.00. The maximum absolute atomic E-state index is 13.0. The van der Waals surface area contributed by atoms with Gasteiger partial charge in [-0.15, -0.1) is 0 Å². The van der Waals surface area contributed by atoms with Crippen molar-refractivity contribution in [1.82, 2.24) is 10.2 Å². The minimum absolute atomic E-state index is 0.104. The predicted molar refractivity (Wildman–Crippen MR) is 92.5 cm³/mol. The van der Waals surface area contributed by atoms with Gasteiger partial charge in [0.15, 0.2) is 0 Å². The molecule has 2 N–H and O–H groups in total. The molecule has 1 amide bonds. The maximum atomic E-state index is 13.0. The van der Waals surface area contributed by atoms with Crippen molar-refractivity contribution >= 4 is 5.91 Å². The zero-order valence-electron chi connectivity index (χ0n) is 14.5. The Labute approximate surface area is 148 Å². The average Bonchev–Trinajstić information content (AvgIpc) is 3.15. The third-order valence-corrected chi connectivity index (χ3v) is 5.22. The molecule has 0 radical (unpaired) electrons. The van der Waals surface area contributed by atoms with Gasteiger partial charge < -0.3 is 20.1 Å². The predicted octanol–water partition coefficient (Wildman–Crippen LogP) is 1.87. The number of ether oxygens (including phenoxy) is 1. The Morgan fingerprint density at radius 3 is 2.64 bits per heavy atom. The van der Waals surface area contributed by atoms with Crippen molar-refractivity contribution in [3.8, 4) is 0 Å². The molecule has 1 aromatic rings. The van der Waals surface area contributed by atoms with Crippen LogP contribution in [0.4, 0.5) is 4.39 Å². The third-order valence-electron chi connectivity index (χ3n) is 5.22. The number of nitrogens with one attached hydrogen (secondary N) is 1. The summed E-state index contributed by atoms with van der Waals surface area (Å²) in [5.74, 6) is -0.0889. The van der Waals surface area contributed by atoms with Crippen LogP contribution in [0.1, 0.15) is 37.4 Å². The second kappa shape index (κ2) is 8.74. The Morgan fingerprint density at radius 2 is 2.00 bits per heavy atom. The van der Waals surface area contributed by atoms with E-state index in [4.69, 9.17) is 4.74 Å². The van der Waals surface area contributed by atoms with Gasteiger partial charge in [-0.3, -0.25) is 4.79 Å². The second-order valence-electron chi connectivity index (χ2n) is 6.98. The normalized spacial score (nSPS) is 23.0. The number of aliphatic hydroxyl groups excluding tert-OH is 1. The number of carbonyl (C=O) groups excluding carboxylic acids is 1. The zero-order chi connectivity index (χ0) is 17.6. The van der Waals surface area contributed by atoms with E-state index in [0.717, 1.165) is 44.4 Å². The van der Waals surface area contributed by atoms with Crippen LogP contribution in [0, 0.1) is 11.7 Å². The van der Waals surface area contributed by atoms with E-state index in [0.29, 0.717) is 19.6 Å². The summed E-state index contributed by atoms with van der Waals surface area (Å²) in [7, 11) is 0. The van der Waals surface area contributed by atoms with Crippen LogP contribution in [0.2, 0.25) is 0 Å². The van der Waals surface area contributed by atoms with Crippen LogP contribution in [0.25, 0.3) is 0 Å². The van der Waals surface area contributed by atoms with Gasteiger partial charge in [0, 0.05) is 26.2 Å². The lowest BCUT2D eigenvalue weighted by Gasteiger charge is -2.34. The Bertz CT molecular complexity index is 552. The molecule has 0 bridgehead atoms. The molecule has 3 rings (SSSR count). The molecule has 2 aliphatic rings. The Hall–Kier alpha value is -1.50. The lowest BCUT2D eigenvalue weighted by atomic mass is 9.87. The molecule has 5 nitrogen and oxygen atoms in total. The summed E-state index contributed by atoms with van der Waals surface area (Å²) >= 11 is 0. The van der Waals surface area contributed by atoms with Crippen LogP contribution in [0.5, 0.6) is 0 Å². The van der Waals surface area contributed by atoms with Crippen molar-refractivity contribution in [3.63, 3.8) is 0 Å². The quantitative estimate of drug-likeness (QED) is 0.822. The van der Waals surface area contributed by atoms with Gasteiger partial charge in [-0.1, -0.05) is 12.1 Å². The topological polar surface area (TPSA) is 61.8 Å². The number of benzene rings is 1. The molecule has 138 valence electrons. The lowest BCUT2D eigenvalue weighted by molar-refractivity contribution is -0.132. The Kier molecular flexibility index (Phi) is 6.39. The first-order valence-electron chi connectivity index (χ1n) is 9.17. The van der Waals surface area contributed by atoms with Crippen LogP contribution in [-0.4, -0.2) is 54.8 Å². The number of halogens is 1. The molecule has 0 aliphatic carbocycles. The minimum Gasteiger partial charge on any atom is -0.388 e. The van der Waals surface area contributed by atoms with E-state index in [1.54, 1.807) is 12.1 Å². The second-order valence-corrected chi connectivity index (χ2v) is 6.98. The summed E-state index contributed by atoms with van der Waals surface area (Å²) in [5.41, 5.74) is 0.740. The van der Waals surface area contributed by atoms with Gasteiger partial charge in [0.25, 0.3) is 0 Å². The highest BCUT2D eigenvalue weighted by Crippen LogP contribution is 2.30. The molecule has 0 unspecified atom stereocenters. The molecule has 2 atom stereocenters. The van der Waals surface area contributed by atoms with Crippen LogP contribution in [0.3, 0.4) is 0 Å². The molecule has 0 aromatic heterocycles. The Balaban J connectivity index is 1.40. The molecule has 2 aliphatic heterocycles. The van der Waals surface area contributed by atoms with E-state index in [1.165, 1.54) is 12.1 Å². The lowest BCUT2D eigenvalue weighted by Crippen LogP contribution is -2.44. The molecule has 2 saturated heterocycles. The van der Waals surface area contributed by atoms with Gasteiger partial charge >= 0.3 is 0 Å². The summed E-state index contributed by atoms with van der Waals surface area (Å²) < 4.78 is 18.5. The van der Waals surface area contributed by atoms with Crippen molar-refractivity contribution in [2.45, 2.75) is 37.9 Å². The molecule has 0 saturated carbocycles. The number of rotatable bonds is 6. The van der Waals surface area contributed by atoms with E-state index in [1.807, 2.05) is 4.90 Å². The first-order chi connectivity index (χ1) is 12.1. The van der Waals surface area contributed by atoms with Gasteiger partial charge in [-0.25, -0.2) is 4.39 Å². The van der Waals surface area contributed by atoms with Crippen molar-refractivity contribution < 1.29 is 19.0 Å². The summed E-state index contributed by atoms with van der Waals surface area (Å²) in [5, 5.41) is 13.7. The fourth-order valence-electron chi connectivity index (χ4n) is 3.65. The van der Waals surface area contributed by atoms with Crippen molar-refractivity contribution in [2.75, 3.05) is 32.8 Å². The monoisotopic (exact) mass is 350 g/mol. The van der Waals surface area contributed by atoms with Crippen LogP contribution >= 0.6 is 0 Å². The van der Waals surface area contributed by atoms with Crippen molar-refractivity contribution in [3.05, 3.63) is 35.6 Å². The number of hydrogen-bond donors (Lipinski definition) is 2. The summed E-state index contributed by atoms with van der Waals surface area (Å²) in [6.07, 6.45) is 3.32. The van der Waals surface area contributed by atoms with Crippen LogP contribution in [0.15, 0.2) is 24.3 Å². The highest BCUT2D eigenvalue weighted by Gasteiger charge is 2.28. The molecule has 2 heterocycles. The number of likely N-dealkylation sites (tertiary alicyclic amines) is 1. The van der Waals surface area contributed by atoms with Crippen LogP contribution < -0.4 is 5.32 Å². The first-order valence-corrected chi connectivity index (χ1v) is 9.17. The largest absolute Gasteiger partial charge is 0.388 e. The molecular weight excluding hydrogens is 323 g/mol. The van der Waals surface area contributed by atoms with Crippen LogP contribution in [-0.2, 0) is 9.53 Å². The number of piperidine rings is 1. The Morgan fingerprint density at radius 1 is 1.28 bits per heavy atom. The highest BCUT2D eigenvalue weighted by molar-refractivity contribution is 5.78. The highest BCUT2D eigenvalue weighted by atomic mass is 19.1. The van der Waals surface area contributed by atoms with E-state index in [-0.39, 0.29) is 23.7 Å². The molecule has 6 heteroatoms. The number of hydrogen-bond acceptors (Lipinski definition) is 4. The standard InChI is InChI=1S/C19H27FN2O3/c20-16-5-3-14(4-6-16)19(24)15-7-9-22(10-8-15)18(23)13-21-12-17-2-1-11-25-17/h3-6,15,17,19,21,24H,1-2,7-13H2/t17-,19-/m1/s1. The van der Waals surface area contributed by atoms with Gasteiger partial charge in [-0.05, 0) is 49.3 Å². The van der Waals surface area contributed by atoms with E-state index < -0.39 is 6.10 Å². The fourth-order valence-corrected chi connectivity index (χ4v) is 3.65. The zero-order valence-corrected chi connectivity index (χ0v) is 14.5. The SMILES string of the molecule is O=C(CNC[C@H]1CCCO1)N1CCC([C@H](O)c2ccc(F)cc2)CC1. The molecular formula is C19H27FN2O3.